The van der Waals surface area contributed by atoms with E-state index in [1.54, 1.807) is 0 Å². The van der Waals surface area contributed by atoms with E-state index in [-0.39, 0.29) is 18.8 Å². The van der Waals surface area contributed by atoms with Crippen molar-refractivity contribution in [2.24, 2.45) is 0 Å². The molecule has 0 aliphatic heterocycles. The third kappa shape index (κ3) is 7.70. The maximum Gasteiger partial charge on any atom is 0.303 e. The number of terminal acetylenes is 2. The van der Waals surface area contributed by atoms with Crippen LogP contribution < -0.4 is 12.4 Å². The zero-order valence-electron chi connectivity index (χ0n) is 14.9. The Morgan fingerprint density at radius 1 is 1.00 bits per heavy atom. The van der Waals surface area contributed by atoms with Crippen molar-refractivity contribution in [2.45, 2.75) is 19.3 Å². The van der Waals surface area contributed by atoms with E-state index < -0.39 is 5.97 Å². The molecule has 0 spiro atoms. The predicted molar refractivity (Wildman–Crippen MR) is 106 cm³/mol. The van der Waals surface area contributed by atoms with Gasteiger partial charge < -0.3 is 17.5 Å². The monoisotopic (exact) mass is 375 g/mol. The summed E-state index contributed by atoms with van der Waals surface area (Å²) in [5.41, 5.74) is 4.69. The number of carbonyl (C=O) groups is 1. The van der Waals surface area contributed by atoms with E-state index in [0.717, 1.165) is 27.8 Å². The van der Waals surface area contributed by atoms with Gasteiger partial charge in [-0.2, -0.15) is 0 Å². The van der Waals surface area contributed by atoms with Crippen molar-refractivity contribution in [3.63, 3.8) is 0 Å². The Bertz CT molecular complexity index is 924. The summed E-state index contributed by atoms with van der Waals surface area (Å²) in [7, 11) is 0. The first-order valence-corrected chi connectivity index (χ1v) is 8.32. The fourth-order valence-electron chi connectivity index (χ4n) is 2.48. The number of allylic oxidation sites excluding steroid dienone is 3. The molecule has 0 aliphatic rings. The molecule has 0 saturated carbocycles. The van der Waals surface area contributed by atoms with Gasteiger partial charge in [0.15, 0.2) is 0 Å². The van der Waals surface area contributed by atoms with Crippen molar-refractivity contribution in [2.75, 3.05) is 0 Å². The number of aliphatic carboxylic acids is 1. The van der Waals surface area contributed by atoms with Gasteiger partial charge in [-0.25, -0.2) is 0 Å². The second-order valence-corrected chi connectivity index (χ2v) is 5.82. The molecule has 2 aromatic carbocycles. The van der Waals surface area contributed by atoms with Gasteiger partial charge in [0.2, 0.25) is 0 Å². The molecule has 0 atom stereocenters. The van der Waals surface area contributed by atoms with Crippen molar-refractivity contribution in [1.29, 1.82) is 0 Å². The maximum atomic E-state index is 10.9. The average Bonchev–Trinajstić information content (AvgIpc) is 2.67. The van der Waals surface area contributed by atoms with Gasteiger partial charge in [-0.1, -0.05) is 59.9 Å². The summed E-state index contributed by atoms with van der Waals surface area (Å²) in [5.74, 6) is 4.42. The minimum absolute atomic E-state index is 0. The quantitative estimate of drug-likeness (QED) is 0.591. The molecule has 0 amide bonds. The van der Waals surface area contributed by atoms with Crippen LogP contribution in [0, 0.1) is 24.7 Å². The van der Waals surface area contributed by atoms with E-state index in [0.29, 0.717) is 12.8 Å². The molecular weight excluding hydrogens is 356 g/mol. The molecule has 0 fully saturated rings. The van der Waals surface area contributed by atoms with Gasteiger partial charge in [-0.3, -0.25) is 4.79 Å². The van der Waals surface area contributed by atoms with Crippen LogP contribution in [0.5, 0.6) is 0 Å². The van der Waals surface area contributed by atoms with Crippen molar-refractivity contribution in [3.05, 3.63) is 88.5 Å². The molecule has 0 aliphatic carbocycles. The lowest BCUT2D eigenvalue weighted by atomic mass is 10.0. The smallest absolute Gasteiger partial charge is 0.303 e. The summed E-state index contributed by atoms with van der Waals surface area (Å²) in [5, 5.41) is 8.97. The summed E-state index contributed by atoms with van der Waals surface area (Å²) in [6.45, 7) is 0. The van der Waals surface area contributed by atoms with E-state index in [4.69, 9.17) is 18.0 Å². The SMILES string of the molecule is C#Cc1cccc(/C=C/C(=C/Cc2cccc(C#C)c2)CCC(=O)O)c1.[Cl-]. The van der Waals surface area contributed by atoms with Crippen molar-refractivity contribution in [3.8, 4) is 24.7 Å². The Labute approximate surface area is 167 Å². The van der Waals surface area contributed by atoms with E-state index >= 15 is 0 Å². The Kier molecular flexibility index (Phi) is 9.24. The van der Waals surface area contributed by atoms with Gasteiger partial charge in [-0.15, -0.1) is 12.8 Å². The number of rotatable bonds is 7. The highest BCUT2D eigenvalue weighted by Crippen LogP contribution is 2.14. The fourth-order valence-corrected chi connectivity index (χ4v) is 2.48. The molecule has 0 heterocycles. The first-order chi connectivity index (χ1) is 12.6. The number of carboxylic acid groups (broad SMARTS) is 1. The molecule has 2 rings (SSSR count). The molecule has 0 radical (unpaired) electrons. The lowest BCUT2D eigenvalue weighted by Crippen LogP contribution is -3.00. The van der Waals surface area contributed by atoms with Crippen LogP contribution in [0.1, 0.15) is 35.1 Å². The molecule has 3 heteroatoms. The highest BCUT2D eigenvalue weighted by molar-refractivity contribution is 5.67. The van der Waals surface area contributed by atoms with Crippen molar-refractivity contribution < 1.29 is 22.3 Å². The molecular formula is C24H20ClO2-. The van der Waals surface area contributed by atoms with E-state index in [1.807, 2.05) is 66.8 Å². The van der Waals surface area contributed by atoms with E-state index in [2.05, 4.69) is 11.8 Å². The molecule has 2 nitrogen and oxygen atoms in total. The zero-order valence-corrected chi connectivity index (χ0v) is 15.6. The lowest BCUT2D eigenvalue weighted by Gasteiger charge is -2.03. The van der Waals surface area contributed by atoms with Crippen LogP contribution in [0.25, 0.3) is 6.08 Å². The normalized spacial score (nSPS) is 10.7. The summed E-state index contributed by atoms with van der Waals surface area (Å²) in [6, 6.07) is 15.4. The summed E-state index contributed by atoms with van der Waals surface area (Å²) < 4.78 is 0. The molecule has 0 saturated heterocycles. The molecule has 2 aromatic rings. The molecule has 0 unspecified atom stereocenters. The number of carboxylic acids is 1. The largest absolute Gasteiger partial charge is 1.00 e. The van der Waals surface area contributed by atoms with Crippen LogP contribution in [0.2, 0.25) is 0 Å². The number of hydrogen-bond acceptors (Lipinski definition) is 1. The van der Waals surface area contributed by atoms with Crippen LogP contribution in [-0.2, 0) is 11.2 Å². The van der Waals surface area contributed by atoms with Gasteiger partial charge >= 0.3 is 5.97 Å². The summed E-state index contributed by atoms with van der Waals surface area (Å²) >= 11 is 0. The zero-order chi connectivity index (χ0) is 18.8. The highest BCUT2D eigenvalue weighted by atomic mass is 35.5. The Balaban J connectivity index is 0.00000364. The standard InChI is InChI=1S/C24H20O2.ClH/c1-3-19-7-5-9-22(17-19)13-11-21(15-16-24(25)26)12-14-23-10-6-8-20(4-2)18-23;/h1-2,5-13,17-18H,14-16H2,(H,25,26);1H/p-1/b13-11+,21-12-;. The second-order valence-electron chi connectivity index (χ2n) is 5.82. The van der Waals surface area contributed by atoms with Crippen LogP contribution in [0.15, 0.2) is 66.3 Å². The molecule has 136 valence electrons. The van der Waals surface area contributed by atoms with Crippen molar-refractivity contribution in [1.82, 2.24) is 0 Å². The lowest BCUT2D eigenvalue weighted by molar-refractivity contribution is -0.136. The molecule has 1 N–H and O–H groups in total. The van der Waals surface area contributed by atoms with Crippen LogP contribution in [0.4, 0.5) is 0 Å². The number of benzene rings is 2. The summed E-state index contributed by atoms with van der Waals surface area (Å²) in [6.07, 6.45) is 18.1. The first-order valence-electron chi connectivity index (χ1n) is 8.32. The topological polar surface area (TPSA) is 37.3 Å². The Hall–Kier alpha value is -3.20. The van der Waals surface area contributed by atoms with Crippen LogP contribution in [-0.4, -0.2) is 11.1 Å². The third-order valence-corrected chi connectivity index (χ3v) is 3.86. The molecule has 27 heavy (non-hydrogen) atoms. The van der Waals surface area contributed by atoms with Gasteiger partial charge in [0, 0.05) is 17.5 Å². The fraction of sp³-hybridized carbons (Fsp3) is 0.125. The highest BCUT2D eigenvalue weighted by Gasteiger charge is 2.01. The molecule has 0 bridgehead atoms. The van der Waals surface area contributed by atoms with Gasteiger partial charge in [0.25, 0.3) is 0 Å². The van der Waals surface area contributed by atoms with Crippen LogP contribution >= 0.6 is 0 Å². The average molecular weight is 376 g/mol. The van der Waals surface area contributed by atoms with Crippen molar-refractivity contribution >= 4 is 12.0 Å². The maximum absolute atomic E-state index is 10.9. The third-order valence-electron chi connectivity index (χ3n) is 3.86. The minimum atomic E-state index is -0.812. The van der Waals surface area contributed by atoms with Gasteiger partial charge in [0.05, 0.1) is 0 Å². The first kappa shape index (κ1) is 21.8. The number of hydrogen-bond donors (Lipinski definition) is 1. The second kappa shape index (κ2) is 11.4. The Morgan fingerprint density at radius 3 is 2.33 bits per heavy atom. The summed E-state index contributed by atoms with van der Waals surface area (Å²) in [4.78, 5) is 10.9. The Morgan fingerprint density at radius 2 is 1.67 bits per heavy atom. The van der Waals surface area contributed by atoms with E-state index in [9.17, 15) is 4.79 Å². The van der Waals surface area contributed by atoms with Gasteiger partial charge in [-0.05, 0) is 48.2 Å². The molecule has 0 aromatic heterocycles. The van der Waals surface area contributed by atoms with Crippen LogP contribution in [0.3, 0.4) is 0 Å². The predicted octanol–water partition coefficient (Wildman–Crippen LogP) is 1.70. The van der Waals surface area contributed by atoms with E-state index in [1.165, 1.54) is 0 Å². The van der Waals surface area contributed by atoms with Gasteiger partial charge in [0.1, 0.15) is 0 Å². The minimum Gasteiger partial charge on any atom is -1.00 e. The number of halogens is 1.